The molecule has 0 amide bonds. The minimum atomic E-state index is 0. The van der Waals surface area contributed by atoms with Gasteiger partial charge >= 0.3 is 0 Å². The molecule has 0 spiro atoms. The van der Waals surface area contributed by atoms with Gasteiger partial charge in [-0.05, 0) is 74.8 Å². The Labute approximate surface area is 202 Å². The Morgan fingerprint density at radius 1 is 1.16 bits per heavy atom. The van der Waals surface area contributed by atoms with Crippen molar-refractivity contribution in [1.29, 1.82) is 0 Å². The molecule has 2 aliphatic rings. The summed E-state index contributed by atoms with van der Waals surface area (Å²) in [4.78, 5) is 11.4. The fourth-order valence-corrected chi connectivity index (χ4v) is 4.61. The van der Waals surface area contributed by atoms with Crippen molar-refractivity contribution in [3.63, 3.8) is 0 Å². The zero-order valence-electron chi connectivity index (χ0n) is 18.5. The molecule has 4 rings (SSSR count). The molecule has 0 radical (unpaired) electrons. The Morgan fingerprint density at radius 3 is 2.68 bits per heavy atom. The van der Waals surface area contributed by atoms with Crippen LogP contribution in [-0.2, 0) is 19.4 Å². The molecule has 0 atom stereocenters. The Morgan fingerprint density at radius 2 is 1.94 bits per heavy atom. The number of halogens is 1. The molecule has 0 saturated carbocycles. The Kier molecular flexibility index (Phi) is 8.40. The quantitative estimate of drug-likeness (QED) is 0.315. The maximum absolute atomic E-state index is 10.4. The van der Waals surface area contributed by atoms with Crippen LogP contribution >= 0.6 is 24.0 Å². The van der Waals surface area contributed by atoms with Crippen molar-refractivity contribution >= 4 is 35.8 Å². The minimum absolute atomic E-state index is 0. The van der Waals surface area contributed by atoms with Crippen molar-refractivity contribution < 1.29 is 5.11 Å². The maximum atomic E-state index is 10.4. The van der Waals surface area contributed by atoms with Crippen LogP contribution in [0.25, 0.3) is 0 Å². The number of phenols is 1. The number of nitrogens with one attached hydrogen (secondary N) is 2. The molecule has 2 aromatic rings. The average molecular weight is 535 g/mol. The second-order valence-electron chi connectivity index (χ2n) is 8.38. The van der Waals surface area contributed by atoms with Crippen LogP contribution in [0.5, 0.6) is 5.75 Å². The lowest BCUT2D eigenvalue weighted by atomic mass is 9.88. The van der Waals surface area contributed by atoms with Crippen LogP contribution < -0.4 is 15.5 Å². The van der Waals surface area contributed by atoms with Gasteiger partial charge in [0, 0.05) is 44.0 Å². The summed E-state index contributed by atoms with van der Waals surface area (Å²) in [6.07, 6.45) is 6.70. The molecule has 168 valence electrons. The van der Waals surface area contributed by atoms with E-state index in [-0.39, 0.29) is 24.0 Å². The predicted octanol–water partition coefficient (Wildman–Crippen LogP) is 3.93. The number of pyridine rings is 1. The Balaban J connectivity index is 0.00000272. The third-order valence-corrected chi connectivity index (χ3v) is 6.32. The molecule has 6 nitrogen and oxygen atoms in total. The topological polar surface area (TPSA) is 72.8 Å². The number of hydrogen-bond donors (Lipinski definition) is 3. The van der Waals surface area contributed by atoms with Crippen molar-refractivity contribution in [3.8, 4) is 5.75 Å². The molecule has 0 unspecified atom stereocenters. The molecular formula is C24H34IN5O. The highest BCUT2D eigenvalue weighted by Crippen LogP contribution is 2.30. The number of aryl methyl sites for hydroxylation is 2. The number of anilines is 1. The molecule has 1 aromatic carbocycles. The zero-order valence-corrected chi connectivity index (χ0v) is 20.9. The van der Waals surface area contributed by atoms with Crippen LogP contribution in [0.1, 0.15) is 48.1 Å². The summed E-state index contributed by atoms with van der Waals surface area (Å²) in [5.74, 6) is 2.26. The van der Waals surface area contributed by atoms with E-state index >= 15 is 0 Å². The molecule has 7 heteroatoms. The molecule has 1 aliphatic heterocycles. The monoisotopic (exact) mass is 535 g/mol. The lowest BCUT2D eigenvalue weighted by Gasteiger charge is -2.34. The summed E-state index contributed by atoms with van der Waals surface area (Å²) >= 11 is 0. The number of piperidine rings is 1. The molecular weight excluding hydrogens is 501 g/mol. The number of fused-ring (bicyclic) bond motifs is 1. The number of nitrogens with zero attached hydrogens (tertiary/aromatic N) is 3. The van der Waals surface area contributed by atoms with Crippen LogP contribution in [0.2, 0.25) is 0 Å². The summed E-state index contributed by atoms with van der Waals surface area (Å²) in [6.45, 7) is 4.60. The minimum Gasteiger partial charge on any atom is -0.508 e. The molecule has 2 heterocycles. The van der Waals surface area contributed by atoms with Crippen molar-refractivity contribution in [2.45, 2.75) is 58.0 Å². The number of rotatable bonds is 4. The molecule has 1 fully saturated rings. The Bertz CT molecular complexity index is 909. The van der Waals surface area contributed by atoms with E-state index in [4.69, 9.17) is 0 Å². The second kappa shape index (κ2) is 11.0. The average Bonchev–Trinajstić information content (AvgIpc) is 2.78. The van der Waals surface area contributed by atoms with Gasteiger partial charge in [-0.3, -0.25) is 4.99 Å². The fourth-order valence-electron chi connectivity index (χ4n) is 4.61. The molecule has 1 aliphatic carbocycles. The van der Waals surface area contributed by atoms with E-state index < -0.39 is 0 Å². The summed E-state index contributed by atoms with van der Waals surface area (Å²) < 4.78 is 0. The van der Waals surface area contributed by atoms with Gasteiger partial charge in [0.1, 0.15) is 11.6 Å². The molecule has 0 bridgehead atoms. The molecule has 1 aromatic heterocycles. The first-order valence-corrected chi connectivity index (χ1v) is 11.1. The number of aliphatic imine (C=N–C) groups is 1. The zero-order chi connectivity index (χ0) is 20.9. The van der Waals surface area contributed by atoms with Crippen LogP contribution in [0, 0.1) is 6.92 Å². The standard InChI is InChI=1S/C24H33N5O.HI/c1-17-6-5-9-23(27-17)29-14-12-19(13-15-29)28-24(25-2)26-16-21-20-8-4-3-7-18(20)10-11-22(21)30;/h5-6,9-11,19,30H,3-4,7-8,12-16H2,1-2H3,(H2,25,26,28);1H. The smallest absolute Gasteiger partial charge is 0.191 e. The van der Waals surface area contributed by atoms with Gasteiger partial charge in [-0.25, -0.2) is 4.98 Å². The van der Waals surface area contributed by atoms with Gasteiger partial charge in [-0.2, -0.15) is 0 Å². The number of aromatic hydroxyl groups is 1. The molecule has 31 heavy (non-hydrogen) atoms. The fraction of sp³-hybridized carbons (Fsp3) is 0.500. The number of guanidine groups is 1. The van der Waals surface area contributed by atoms with Crippen LogP contribution in [-0.4, -0.2) is 42.2 Å². The van der Waals surface area contributed by atoms with E-state index in [1.807, 2.05) is 19.1 Å². The van der Waals surface area contributed by atoms with E-state index in [1.54, 1.807) is 7.05 Å². The number of benzene rings is 1. The van der Waals surface area contributed by atoms with E-state index in [1.165, 1.54) is 24.0 Å². The highest BCUT2D eigenvalue weighted by molar-refractivity contribution is 14.0. The SMILES string of the molecule is CN=C(NCc1c(O)ccc2c1CCCC2)NC1CCN(c2cccc(C)n2)CC1.I. The number of hydrogen-bond acceptors (Lipinski definition) is 4. The normalized spacial score (nSPS) is 17.0. The highest BCUT2D eigenvalue weighted by Gasteiger charge is 2.21. The summed E-state index contributed by atoms with van der Waals surface area (Å²) in [5.41, 5.74) is 4.79. The van der Waals surface area contributed by atoms with Crippen LogP contribution in [0.4, 0.5) is 5.82 Å². The van der Waals surface area contributed by atoms with Crippen LogP contribution in [0.3, 0.4) is 0 Å². The lowest BCUT2D eigenvalue weighted by Crippen LogP contribution is -2.48. The van der Waals surface area contributed by atoms with Gasteiger partial charge < -0.3 is 20.6 Å². The van der Waals surface area contributed by atoms with Crippen molar-refractivity contribution in [3.05, 3.63) is 52.7 Å². The van der Waals surface area contributed by atoms with Gasteiger partial charge in [0.2, 0.25) is 0 Å². The largest absolute Gasteiger partial charge is 0.508 e. The van der Waals surface area contributed by atoms with Gasteiger partial charge in [0.15, 0.2) is 5.96 Å². The molecule has 3 N–H and O–H groups in total. The summed E-state index contributed by atoms with van der Waals surface area (Å²) in [5, 5.41) is 17.4. The third kappa shape index (κ3) is 5.81. The predicted molar refractivity (Wildman–Crippen MR) is 138 cm³/mol. The number of phenolic OH excluding ortho intramolecular Hbond substituents is 1. The van der Waals surface area contributed by atoms with Crippen molar-refractivity contribution in [1.82, 2.24) is 15.6 Å². The second-order valence-corrected chi connectivity index (χ2v) is 8.38. The number of aromatic nitrogens is 1. The Hall–Kier alpha value is -2.03. The van der Waals surface area contributed by atoms with Crippen molar-refractivity contribution in [2.75, 3.05) is 25.0 Å². The first-order valence-electron chi connectivity index (χ1n) is 11.1. The van der Waals surface area contributed by atoms with E-state index in [0.29, 0.717) is 18.3 Å². The summed E-state index contributed by atoms with van der Waals surface area (Å²) in [7, 11) is 1.81. The van der Waals surface area contributed by atoms with E-state index in [9.17, 15) is 5.11 Å². The first-order chi connectivity index (χ1) is 14.6. The van der Waals surface area contributed by atoms with Crippen LogP contribution in [0.15, 0.2) is 35.3 Å². The van der Waals surface area contributed by atoms with Crippen molar-refractivity contribution in [2.24, 2.45) is 4.99 Å². The first kappa shape index (κ1) is 23.6. The lowest BCUT2D eigenvalue weighted by molar-refractivity contribution is 0.455. The van der Waals surface area contributed by atoms with E-state index in [0.717, 1.165) is 61.8 Å². The van der Waals surface area contributed by atoms with Gasteiger partial charge in [-0.1, -0.05) is 12.1 Å². The van der Waals surface area contributed by atoms with Gasteiger partial charge in [0.05, 0.1) is 0 Å². The molecule has 1 saturated heterocycles. The summed E-state index contributed by atoms with van der Waals surface area (Å²) in [6, 6.07) is 10.5. The maximum Gasteiger partial charge on any atom is 0.191 e. The van der Waals surface area contributed by atoms with E-state index in [2.05, 4.69) is 43.7 Å². The van der Waals surface area contributed by atoms with Gasteiger partial charge in [-0.15, -0.1) is 24.0 Å². The highest BCUT2D eigenvalue weighted by atomic mass is 127. The van der Waals surface area contributed by atoms with Gasteiger partial charge in [0.25, 0.3) is 0 Å². The third-order valence-electron chi connectivity index (χ3n) is 6.32.